The molecule has 6 heteroatoms. The van der Waals surface area contributed by atoms with Crippen LogP contribution in [0.4, 0.5) is 20.3 Å². The van der Waals surface area contributed by atoms with Crippen molar-refractivity contribution < 1.29 is 8.78 Å². The number of anilines is 2. The highest BCUT2D eigenvalue weighted by Crippen LogP contribution is 2.24. The van der Waals surface area contributed by atoms with Crippen molar-refractivity contribution in [1.29, 1.82) is 0 Å². The summed E-state index contributed by atoms with van der Waals surface area (Å²) in [7, 11) is 0. The summed E-state index contributed by atoms with van der Waals surface area (Å²) in [6.45, 7) is 1.39. The summed E-state index contributed by atoms with van der Waals surface area (Å²) in [6, 6.07) is 6.04. The van der Waals surface area contributed by atoms with Gasteiger partial charge in [0, 0.05) is 17.4 Å². The van der Waals surface area contributed by atoms with Crippen LogP contribution in [0, 0.1) is 18.6 Å². The number of H-pyrrole nitrogens is 1. The minimum atomic E-state index is -0.602. The van der Waals surface area contributed by atoms with Crippen molar-refractivity contribution in [1.82, 2.24) is 15.2 Å². The maximum Gasteiger partial charge on any atom is 0.178 e. The Hall–Kier alpha value is -2.50. The van der Waals surface area contributed by atoms with Gasteiger partial charge in [-0.25, -0.2) is 8.78 Å². The quantitative estimate of drug-likeness (QED) is 0.743. The van der Waals surface area contributed by atoms with Gasteiger partial charge in [0.05, 0.1) is 5.52 Å². The molecule has 1 aromatic carbocycles. The number of nitrogens with one attached hydrogen (secondary N) is 2. The Balaban J connectivity index is 2.01. The van der Waals surface area contributed by atoms with E-state index in [1.165, 1.54) is 19.1 Å². The monoisotopic (exact) mass is 260 g/mol. The van der Waals surface area contributed by atoms with Crippen LogP contribution in [0.1, 0.15) is 5.56 Å². The highest BCUT2D eigenvalue weighted by molar-refractivity contribution is 5.87. The zero-order chi connectivity index (χ0) is 13.4. The maximum absolute atomic E-state index is 13.5. The molecule has 96 valence electrons. The van der Waals surface area contributed by atoms with Gasteiger partial charge < -0.3 is 5.32 Å². The van der Waals surface area contributed by atoms with Gasteiger partial charge in [0.25, 0.3) is 0 Å². The predicted octanol–water partition coefficient (Wildman–Crippen LogP) is 3.29. The van der Waals surface area contributed by atoms with Gasteiger partial charge in [0.1, 0.15) is 17.2 Å². The number of fused-ring (bicyclic) bond motifs is 1. The molecule has 0 spiro atoms. The van der Waals surface area contributed by atoms with Gasteiger partial charge in [-0.3, -0.25) is 10.1 Å². The van der Waals surface area contributed by atoms with Crippen LogP contribution in [0.15, 0.2) is 30.5 Å². The number of pyridine rings is 1. The van der Waals surface area contributed by atoms with E-state index in [9.17, 15) is 8.78 Å². The van der Waals surface area contributed by atoms with Crippen LogP contribution < -0.4 is 5.32 Å². The Labute approximate surface area is 107 Å². The lowest BCUT2D eigenvalue weighted by Gasteiger charge is -2.06. The Kier molecular flexibility index (Phi) is 2.63. The van der Waals surface area contributed by atoms with Crippen LogP contribution >= 0.6 is 0 Å². The molecule has 0 amide bonds. The average Bonchev–Trinajstić information content (AvgIpc) is 2.79. The third kappa shape index (κ3) is 2.01. The Morgan fingerprint density at radius 2 is 1.95 bits per heavy atom. The first-order chi connectivity index (χ1) is 9.15. The zero-order valence-corrected chi connectivity index (χ0v) is 10.0. The summed E-state index contributed by atoms with van der Waals surface area (Å²) in [6.07, 6.45) is 1.62. The van der Waals surface area contributed by atoms with Crippen LogP contribution in [0.5, 0.6) is 0 Å². The number of halogens is 2. The van der Waals surface area contributed by atoms with Crippen molar-refractivity contribution in [3.63, 3.8) is 0 Å². The highest BCUT2D eigenvalue weighted by atomic mass is 19.1. The minimum Gasteiger partial charge on any atom is -0.337 e. The normalized spacial score (nSPS) is 10.9. The predicted molar refractivity (Wildman–Crippen MR) is 68.3 cm³/mol. The summed E-state index contributed by atoms with van der Waals surface area (Å²) in [4.78, 5) is 4.16. The van der Waals surface area contributed by atoms with Crippen LogP contribution in [0.25, 0.3) is 11.0 Å². The van der Waals surface area contributed by atoms with E-state index in [1.54, 1.807) is 12.3 Å². The second-order valence-electron chi connectivity index (χ2n) is 4.16. The molecule has 0 aliphatic carbocycles. The number of benzene rings is 1. The lowest BCUT2D eigenvalue weighted by atomic mass is 10.2. The van der Waals surface area contributed by atoms with Crippen molar-refractivity contribution in [2.75, 3.05) is 5.32 Å². The van der Waals surface area contributed by atoms with E-state index in [0.29, 0.717) is 17.0 Å². The summed E-state index contributed by atoms with van der Waals surface area (Å²) in [5.41, 5.74) is 1.65. The van der Waals surface area contributed by atoms with E-state index in [1.807, 2.05) is 6.07 Å². The fourth-order valence-corrected chi connectivity index (χ4v) is 1.79. The van der Waals surface area contributed by atoms with Crippen molar-refractivity contribution in [2.45, 2.75) is 6.92 Å². The topological polar surface area (TPSA) is 53.6 Å². The largest absolute Gasteiger partial charge is 0.337 e. The fraction of sp³-hybridized carbons (Fsp3) is 0.0769. The SMILES string of the molecule is Cc1c(F)cc(Nc2n[nH]c3cccnc23)cc1F. The van der Waals surface area contributed by atoms with Gasteiger partial charge in [-0.1, -0.05) is 0 Å². The number of hydrogen-bond donors (Lipinski definition) is 2. The lowest BCUT2D eigenvalue weighted by Crippen LogP contribution is -1.96. The number of nitrogens with zero attached hydrogens (tertiary/aromatic N) is 2. The first kappa shape index (κ1) is 11.6. The average molecular weight is 260 g/mol. The second-order valence-corrected chi connectivity index (χ2v) is 4.16. The molecule has 2 N–H and O–H groups in total. The molecule has 0 radical (unpaired) electrons. The van der Waals surface area contributed by atoms with E-state index >= 15 is 0 Å². The van der Waals surface area contributed by atoms with Gasteiger partial charge in [-0.15, -0.1) is 0 Å². The van der Waals surface area contributed by atoms with Crippen LogP contribution in [-0.4, -0.2) is 15.2 Å². The molecule has 0 atom stereocenters. The Morgan fingerprint density at radius 1 is 1.21 bits per heavy atom. The van der Waals surface area contributed by atoms with Crippen molar-refractivity contribution in [2.24, 2.45) is 0 Å². The van der Waals surface area contributed by atoms with Crippen molar-refractivity contribution in [3.05, 3.63) is 47.7 Å². The van der Waals surface area contributed by atoms with Crippen LogP contribution in [-0.2, 0) is 0 Å². The molecule has 0 saturated heterocycles. The van der Waals surface area contributed by atoms with Gasteiger partial charge in [0.2, 0.25) is 0 Å². The molecule has 2 heterocycles. The van der Waals surface area contributed by atoms with E-state index in [4.69, 9.17) is 0 Å². The minimum absolute atomic E-state index is 0.00411. The first-order valence-corrected chi connectivity index (χ1v) is 5.67. The van der Waals surface area contributed by atoms with Gasteiger partial charge >= 0.3 is 0 Å². The van der Waals surface area contributed by atoms with E-state index < -0.39 is 11.6 Å². The third-order valence-corrected chi connectivity index (χ3v) is 2.86. The third-order valence-electron chi connectivity index (χ3n) is 2.86. The molecule has 0 aliphatic heterocycles. The molecule has 0 aliphatic rings. The summed E-state index contributed by atoms with van der Waals surface area (Å²) < 4.78 is 26.9. The molecule has 0 unspecified atom stereocenters. The number of aromatic amines is 1. The lowest BCUT2D eigenvalue weighted by molar-refractivity contribution is 0.569. The summed E-state index contributed by atoms with van der Waals surface area (Å²) >= 11 is 0. The van der Waals surface area contributed by atoms with E-state index in [0.717, 1.165) is 5.52 Å². The van der Waals surface area contributed by atoms with Crippen molar-refractivity contribution in [3.8, 4) is 0 Å². The summed E-state index contributed by atoms with van der Waals surface area (Å²) in [5.74, 6) is -0.774. The molecule has 0 fully saturated rings. The molecule has 4 nitrogen and oxygen atoms in total. The molecule has 0 bridgehead atoms. The number of hydrogen-bond acceptors (Lipinski definition) is 3. The summed E-state index contributed by atoms with van der Waals surface area (Å²) in [5, 5.41) is 9.67. The van der Waals surface area contributed by atoms with Gasteiger partial charge in [0.15, 0.2) is 5.82 Å². The van der Waals surface area contributed by atoms with Crippen LogP contribution in [0.2, 0.25) is 0 Å². The van der Waals surface area contributed by atoms with Crippen molar-refractivity contribution >= 4 is 22.5 Å². The molecule has 3 aromatic rings. The van der Waals surface area contributed by atoms with Gasteiger partial charge in [-0.05, 0) is 31.2 Å². The standard InChI is InChI=1S/C13H10F2N4/c1-7-9(14)5-8(6-10(7)15)17-13-12-11(18-19-13)3-2-4-16-12/h2-6H,1H3,(H2,17,18,19). The molecular weight excluding hydrogens is 250 g/mol. The number of rotatable bonds is 2. The number of aromatic nitrogens is 3. The van der Waals surface area contributed by atoms with Crippen LogP contribution in [0.3, 0.4) is 0 Å². The maximum atomic E-state index is 13.5. The smallest absolute Gasteiger partial charge is 0.178 e. The zero-order valence-electron chi connectivity index (χ0n) is 10.0. The first-order valence-electron chi connectivity index (χ1n) is 5.67. The second kappa shape index (κ2) is 4.31. The Morgan fingerprint density at radius 3 is 2.68 bits per heavy atom. The molecular formula is C13H10F2N4. The highest BCUT2D eigenvalue weighted by Gasteiger charge is 2.10. The van der Waals surface area contributed by atoms with E-state index in [2.05, 4.69) is 20.5 Å². The van der Waals surface area contributed by atoms with Gasteiger partial charge in [-0.2, -0.15) is 5.10 Å². The molecule has 0 saturated carbocycles. The molecule has 2 aromatic heterocycles. The molecule has 3 rings (SSSR count). The molecule has 19 heavy (non-hydrogen) atoms. The van der Waals surface area contributed by atoms with E-state index in [-0.39, 0.29) is 5.56 Å². The fourth-order valence-electron chi connectivity index (χ4n) is 1.79. The Bertz CT molecular complexity index is 728.